The van der Waals surface area contributed by atoms with Crippen LogP contribution in [-0.2, 0) is 14.8 Å². The van der Waals surface area contributed by atoms with Crippen LogP contribution in [0.15, 0.2) is 41.3 Å². The lowest BCUT2D eigenvalue weighted by Crippen LogP contribution is -2.37. The number of anilines is 2. The number of carbonyl (C=O) groups is 1. The largest absolute Gasteiger partial charge is 0.586 e. The number of carbonyl (C=O) groups excluding carboxylic acids is 1. The molecule has 0 saturated carbocycles. The Hall–Kier alpha value is -2.96. The molecule has 4 rings (SSSR count). The number of alkyl halides is 2. The molecule has 1 fully saturated rings. The van der Waals surface area contributed by atoms with E-state index in [4.69, 9.17) is 9.88 Å². The van der Waals surface area contributed by atoms with Crippen LogP contribution in [0.4, 0.5) is 20.2 Å². The van der Waals surface area contributed by atoms with Crippen molar-refractivity contribution in [3.05, 3.63) is 42.0 Å². The number of halogens is 2. The Morgan fingerprint density at radius 1 is 1.07 bits per heavy atom. The quantitative estimate of drug-likeness (QED) is 0.742. The van der Waals surface area contributed by atoms with Crippen molar-refractivity contribution in [2.24, 2.45) is 5.14 Å². The van der Waals surface area contributed by atoms with Gasteiger partial charge in [0.25, 0.3) is 5.91 Å². The average molecular weight is 441 g/mol. The van der Waals surface area contributed by atoms with E-state index in [2.05, 4.69) is 14.8 Å². The van der Waals surface area contributed by atoms with Gasteiger partial charge in [-0.25, -0.2) is 13.6 Å². The molecule has 0 unspecified atom stereocenters. The Bertz CT molecular complexity index is 1100. The molecule has 160 valence electrons. The number of amides is 1. The Morgan fingerprint density at radius 3 is 2.47 bits per heavy atom. The lowest BCUT2D eigenvalue weighted by Gasteiger charge is -2.30. The zero-order valence-electron chi connectivity index (χ0n) is 15.4. The fourth-order valence-corrected chi connectivity index (χ4v) is 3.72. The molecule has 30 heavy (non-hydrogen) atoms. The third kappa shape index (κ3) is 4.15. The third-order valence-corrected chi connectivity index (χ3v) is 5.46. The van der Waals surface area contributed by atoms with Crippen molar-refractivity contribution in [2.45, 2.75) is 11.2 Å². The van der Waals surface area contributed by atoms with E-state index in [0.29, 0.717) is 32.0 Å². The van der Waals surface area contributed by atoms with Gasteiger partial charge in [0.2, 0.25) is 10.0 Å². The van der Waals surface area contributed by atoms with Crippen LogP contribution in [-0.4, -0.2) is 46.9 Å². The van der Waals surface area contributed by atoms with Gasteiger partial charge >= 0.3 is 6.29 Å². The van der Waals surface area contributed by atoms with Crippen molar-refractivity contribution < 1.29 is 36.2 Å². The van der Waals surface area contributed by atoms with E-state index in [-0.39, 0.29) is 27.6 Å². The lowest BCUT2D eigenvalue weighted by molar-refractivity contribution is -0.286. The molecule has 0 aromatic heterocycles. The summed E-state index contributed by atoms with van der Waals surface area (Å²) in [6.45, 7) is 1.92. The molecule has 2 aliphatic heterocycles. The van der Waals surface area contributed by atoms with E-state index in [1.807, 2.05) is 4.90 Å². The van der Waals surface area contributed by atoms with Crippen LogP contribution in [0, 0.1) is 0 Å². The molecule has 2 heterocycles. The Kier molecular flexibility index (Phi) is 5.00. The van der Waals surface area contributed by atoms with Gasteiger partial charge in [0, 0.05) is 30.5 Å². The van der Waals surface area contributed by atoms with Crippen LogP contribution in [0.2, 0.25) is 0 Å². The van der Waals surface area contributed by atoms with Crippen molar-refractivity contribution in [3.63, 3.8) is 0 Å². The molecule has 1 saturated heterocycles. The zero-order valence-corrected chi connectivity index (χ0v) is 16.2. The van der Waals surface area contributed by atoms with Gasteiger partial charge in [-0.3, -0.25) is 4.79 Å². The second-order valence-electron chi connectivity index (χ2n) is 6.61. The van der Waals surface area contributed by atoms with Crippen LogP contribution in [0.1, 0.15) is 10.4 Å². The molecule has 0 bridgehead atoms. The average Bonchev–Trinajstić information content (AvgIpc) is 3.00. The van der Waals surface area contributed by atoms with Gasteiger partial charge in [-0.1, -0.05) is 0 Å². The number of hydrogen-bond donors (Lipinski definition) is 2. The number of hydrogen-bond acceptors (Lipinski definition) is 7. The molecular formula is C18H17F2N3O6S. The first-order chi connectivity index (χ1) is 14.1. The van der Waals surface area contributed by atoms with E-state index in [9.17, 15) is 22.0 Å². The SMILES string of the molecule is NS(=O)(=O)c1ccc(N2CCOCC2)c(C(=O)Nc2ccc3c(c2)OC(F)(F)O3)c1. The van der Waals surface area contributed by atoms with Crippen molar-refractivity contribution >= 4 is 27.3 Å². The molecule has 2 aromatic rings. The topological polar surface area (TPSA) is 120 Å². The predicted molar refractivity (Wildman–Crippen MR) is 101 cm³/mol. The van der Waals surface area contributed by atoms with E-state index in [0.717, 1.165) is 0 Å². The van der Waals surface area contributed by atoms with E-state index in [1.54, 1.807) is 0 Å². The van der Waals surface area contributed by atoms with Crippen molar-refractivity contribution in [2.75, 3.05) is 36.5 Å². The summed E-state index contributed by atoms with van der Waals surface area (Å²) in [5.41, 5.74) is 0.718. The van der Waals surface area contributed by atoms with E-state index < -0.39 is 22.2 Å². The molecule has 0 radical (unpaired) electrons. The fraction of sp³-hybridized carbons (Fsp3) is 0.278. The fourth-order valence-electron chi connectivity index (χ4n) is 3.18. The molecule has 2 aliphatic rings. The number of nitrogens with one attached hydrogen (secondary N) is 1. The predicted octanol–water partition coefficient (Wildman–Crippen LogP) is 1.74. The second kappa shape index (κ2) is 7.38. The highest BCUT2D eigenvalue weighted by molar-refractivity contribution is 7.89. The molecule has 1 amide bonds. The van der Waals surface area contributed by atoms with Gasteiger partial charge in [0.05, 0.1) is 23.7 Å². The summed E-state index contributed by atoms with van der Waals surface area (Å²) in [7, 11) is -4.04. The molecule has 9 nitrogen and oxygen atoms in total. The zero-order chi connectivity index (χ0) is 21.5. The number of rotatable bonds is 4. The maximum atomic E-state index is 13.2. The number of nitrogens with two attached hydrogens (primary N) is 1. The molecule has 0 aliphatic carbocycles. The summed E-state index contributed by atoms with van der Waals surface area (Å²) in [5, 5.41) is 7.76. The Morgan fingerprint density at radius 2 is 1.77 bits per heavy atom. The number of morpholine rings is 1. The van der Waals surface area contributed by atoms with Gasteiger partial charge < -0.3 is 24.4 Å². The molecule has 0 spiro atoms. The highest BCUT2D eigenvalue weighted by Crippen LogP contribution is 2.42. The molecule has 2 aromatic carbocycles. The van der Waals surface area contributed by atoms with Crippen LogP contribution in [0.5, 0.6) is 11.5 Å². The summed E-state index contributed by atoms with van der Waals surface area (Å²) in [5.74, 6) is -1.04. The third-order valence-electron chi connectivity index (χ3n) is 4.55. The van der Waals surface area contributed by atoms with Crippen LogP contribution in [0.3, 0.4) is 0 Å². The summed E-state index contributed by atoms with van der Waals surface area (Å²) in [4.78, 5) is 14.6. The number of ether oxygens (including phenoxy) is 3. The normalized spacial score (nSPS) is 17.6. The maximum Gasteiger partial charge on any atom is 0.586 e. The highest BCUT2D eigenvalue weighted by Gasteiger charge is 2.43. The summed E-state index contributed by atoms with van der Waals surface area (Å²) < 4.78 is 63.9. The summed E-state index contributed by atoms with van der Waals surface area (Å²) >= 11 is 0. The number of benzene rings is 2. The first-order valence-corrected chi connectivity index (χ1v) is 10.4. The maximum absolute atomic E-state index is 13.2. The smallest absolute Gasteiger partial charge is 0.395 e. The van der Waals surface area contributed by atoms with Gasteiger partial charge in [0.15, 0.2) is 11.5 Å². The molecular weight excluding hydrogens is 424 g/mol. The number of sulfonamides is 1. The molecule has 3 N–H and O–H groups in total. The van der Waals surface area contributed by atoms with Crippen LogP contribution in [0.25, 0.3) is 0 Å². The monoisotopic (exact) mass is 441 g/mol. The summed E-state index contributed by atoms with van der Waals surface area (Å²) in [6, 6.07) is 7.78. The van der Waals surface area contributed by atoms with Gasteiger partial charge in [-0.2, -0.15) is 0 Å². The first kappa shape index (κ1) is 20.3. The number of primary sulfonamides is 1. The number of nitrogens with zero attached hydrogens (tertiary/aromatic N) is 1. The summed E-state index contributed by atoms with van der Waals surface area (Å²) in [6.07, 6.45) is -3.78. The molecule has 0 atom stereocenters. The Balaban J connectivity index is 1.65. The minimum Gasteiger partial charge on any atom is -0.395 e. The van der Waals surface area contributed by atoms with E-state index >= 15 is 0 Å². The second-order valence-corrected chi connectivity index (χ2v) is 8.17. The van der Waals surface area contributed by atoms with Gasteiger partial charge in [-0.05, 0) is 30.3 Å². The van der Waals surface area contributed by atoms with Crippen molar-refractivity contribution in [3.8, 4) is 11.5 Å². The van der Waals surface area contributed by atoms with Crippen molar-refractivity contribution in [1.82, 2.24) is 0 Å². The van der Waals surface area contributed by atoms with Crippen LogP contribution < -0.4 is 24.8 Å². The van der Waals surface area contributed by atoms with Gasteiger partial charge in [0.1, 0.15) is 0 Å². The number of fused-ring (bicyclic) bond motifs is 1. The standard InChI is InChI=1S/C18H17F2N3O6S/c19-18(20)28-15-4-1-11(9-16(15)29-18)22-17(24)13-10-12(30(21,25)26)2-3-14(13)23-5-7-27-8-6-23/h1-4,9-10H,5-8H2,(H,22,24)(H2,21,25,26). The minimum absolute atomic E-state index is 0.0615. The van der Waals surface area contributed by atoms with Crippen LogP contribution >= 0.6 is 0 Å². The Labute approximate surface area is 170 Å². The highest BCUT2D eigenvalue weighted by atomic mass is 32.2. The van der Waals surface area contributed by atoms with Gasteiger partial charge in [-0.15, -0.1) is 8.78 Å². The minimum atomic E-state index is -4.04. The van der Waals surface area contributed by atoms with E-state index in [1.165, 1.54) is 36.4 Å². The first-order valence-electron chi connectivity index (χ1n) is 8.83. The lowest BCUT2D eigenvalue weighted by atomic mass is 10.1. The van der Waals surface area contributed by atoms with Crippen molar-refractivity contribution in [1.29, 1.82) is 0 Å². The molecule has 12 heteroatoms.